The van der Waals surface area contributed by atoms with Crippen molar-refractivity contribution in [2.45, 2.75) is 70.5 Å². The lowest BCUT2D eigenvalue weighted by molar-refractivity contribution is -0.121. The topological polar surface area (TPSA) is 208 Å². The number of aromatic nitrogens is 6. The van der Waals surface area contributed by atoms with Crippen LogP contribution in [-0.2, 0) is 14.3 Å². The van der Waals surface area contributed by atoms with Crippen LogP contribution in [0.1, 0.15) is 63.9 Å². The molecular formula is C43H48ClN13O4. The average molecular weight is 846 g/mol. The van der Waals surface area contributed by atoms with Crippen LogP contribution in [0.25, 0.3) is 0 Å². The third-order valence-electron chi connectivity index (χ3n) is 10.2. The lowest BCUT2D eigenvalue weighted by Crippen LogP contribution is -2.39. The number of benzene rings is 3. The van der Waals surface area contributed by atoms with Gasteiger partial charge in [-0.1, -0.05) is 37.1 Å². The molecule has 17 nitrogen and oxygen atoms in total. The third kappa shape index (κ3) is 12.4. The number of halogens is 1. The number of hydrogen-bond acceptors (Lipinski definition) is 15. The van der Waals surface area contributed by atoms with Crippen LogP contribution < -0.4 is 35.8 Å². The number of hydrogen-bond donors (Lipinski definition) is 4. The highest BCUT2D eigenvalue weighted by molar-refractivity contribution is 6.31. The van der Waals surface area contributed by atoms with E-state index in [0.717, 1.165) is 58.2 Å². The van der Waals surface area contributed by atoms with Gasteiger partial charge in [0.2, 0.25) is 35.6 Å². The molecule has 18 heteroatoms. The van der Waals surface area contributed by atoms with Crippen LogP contribution in [0, 0.1) is 11.3 Å². The van der Waals surface area contributed by atoms with Crippen LogP contribution in [0.5, 0.6) is 5.75 Å². The normalized spacial score (nSPS) is 14.5. The van der Waals surface area contributed by atoms with E-state index in [-0.39, 0.29) is 36.9 Å². The van der Waals surface area contributed by atoms with Crippen LogP contribution >= 0.6 is 11.6 Å². The molecule has 0 atom stereocenters. The molecule has 2 amide bonds. The van der Waals surface area contributed by atoms with E-state index < -0.39 is 0 Å². The maximum Gasteiger partial charge on any atom is 0.231 e. The molecule has 2 aliphatic rings. The maximum atomic E-state index is 12.9. The number of nitrogens with zero attached hydrogens (tertiary/aromatic N) is 9. The van der Waals surface area contributed by atoms with Crippen molar-refractivity contribution in [1.29, 1.82) is 5.26 Å². The summed E-state index contributed by atoms with van der Waals surface area (Å²) < 4.78 is 12.1. The van der Waals surface area contributed by atoms with E-state index in [1.807, 2.05) is 18.2 Å². The third-order valence-corrected chi connectivity index (χ3v) is 10.5. The Morgan fingerprint density at radius 2 is 1.26 bits per heavy atom. The highest BCUT2D eigenvalue weighted by Crippen LogP contribution is 2.27. The van der Waals surface area contributed by atoms with Gasteiger partial charge in [-0.2, -0.15) is 15.2 Å². The van der Waals surface area contributed by atoms with Crippen LogP contribution in [0.4, 0.5) is 46.5 Å². The highest BCUT2D eigenvalue weighted by atomic mass is 35.5. The second-order valence-corrected chi connectivity index (χ2v) is 15.1. The smallest absolute Gasteiger partial charge is 0.231 e. The highest BCUT2D eigenvalue weighted by Gasteiger charge is 2.24. The summed E-state index contributed by atoms with van der Waals surface area (Å²) in [6.45, 7) is 5.95. The van der Waals surface area contributed by atoms with Gasteiger partial charge in [0.15, 0.2) is 0 Å². The van der Waals surface area contributed by atoms with Crippen molar-refractivity contribution in [3.05, 3.63) is 90.0 Å². The fourth-order valence-corrected chi connectivity index (χ4v) is 7.14. The molecule has 3 aromatic carbocycles. The van der Waals surface area contributed by atoms with Crippen molar-refractivity contribution in [3.63, 3.8) is 0 Å². The Morgan fingerprint density at radius 1 is 0.738 bits per heavy atom. The summed E-state index contributed by atoms with van der Waals surface area (Å²) >= 11 is 6.17. The molecule has 2 aliphatic heterocycles. The molecule has 7 rings (SSSR count). The standard InChI is InChI=1S/C43H48ClN13O4/c1-2-3-22-60-34-14-18-56(19-15-34)42-48-27-46-40(54-42)52-32-8-4-6-30(23-32)50-38(58)12-13-39(59)51-31-7-5-9-33(24-31)53-41-47-28-49-43(55-41)57-20-16-35(17-21-57)61-36-11-10-29(26-45)37(44)25-36/h4-11,23-25,27-28,34-35H,2-3,12-22H2,1H3,(H,50,58)(H,51,59)(H,46,48,52,54)(H,47,49,53,55). The minimum atomic E-state index is -0.307. The number of ether oxygens (including phenoxy) is 2. The number of unbranched alkanes of at least 4 members (excludes halogenated alkanes) is 1. The molecule has 0 radical (unpaired) electrons. The van der Waals surface area contributed by atoms with Crippen LogP contribution in [0.2, 0.25) is 5.02 Å². The quantitative estimate of drug-likeness (QED) is 0.0679. The first kappa shape index (κ1) is 42.5. The van der Waals surface area contributed by atoms with Crippen molar-refractivity contribution in [3.8, 4) is 11.8 Å². The predicted octanol–water partition coefficient (Wildman–Crippen LogP) is 7.26. The van der Waals surface area contributed by atoms with E-state index in [9.17, 15) is 9.59 Å². The van der Waals surface area contributed by atoms with Crippen molar-refractivity contribution in [1.82, 2.24) is 29.9 Å². The number of nitriles is 1. The first-order valence-corrected chi connectivity index (χ1v) is 20.9. The lowest BCUT2D eigenvalue weighted by atomic mass is 10.1. The van der Waals surface area contributed by atoms with Gasteiger partial charge in [-0.3, -0.25) is 9.59 Å². The minimum Gasteiger partial charge on any atom is -0.490 e. The zero-order chi connectivity index (χ0) is 42.4. The number of carbonyl (C=O) groups is 2. The molecular weight excluding hydrogens is 798 g/mol. The molecule has 0 aliphatic carbocycles. The molecule has 0 saturated carbocycles. The maximum absolute atomic E-state index is 12.9. The fraction of sp³-hybridized carbons (Fsp3) is 0.372. The van der Waals surface area contributed by atoms with Crippen LogP contribution in [0.15, 0.2) is 79.4 Å². The minimum absolute atomic E-state index is 0.00886. The molecule has 2 fully saturated rings. The summed E-state index contributed by atoms with van der Waals surface area (Å²) in [6, 6.07) is 21.5. The molecule has 0 spiro atoms. The van der Waals surface area contributed by atoms with E-state index >= 15 is 0 Å². The lowest BCUT2D eigenvalue weighted by Gasteiger charge is -2.32. The van der Waals surface area contributed by atoms with Gasteiger partial charge in [-0.25, -0.2) is 19.9 Å². The fourth-order valence-electron chi connectivity index (χ4n) is 6.92. The van der Waals surface area contributed by atoms with E-state index in [2.05, 4.69) is 74.0 Å². The molecule has 2 saturated heterocycles. The summed E-state index contributed by atoms with van der Waals surface area (Å²) in [5.41, 5.74) is 2.88. The first-order valence-electron chi connectivity index (χ1n) is 20.5. The van der Waals surface area contributed by atoms with Crippen LogP contribution in [-0.4, -0.2) is 86.7 Å². The molecule has 316 valence electrons. The number of amides is 2. The van der Waals surface area contributed by atoms with Gasteiger partial charge in [0.05, 0.1) is 16.7 Å². The average Bonchev–Trinajstić information content (AvgIpc) is 3.27. The van der Waals surface area contributed by atoms with Crippen molar-refractivity contribution in [2.75, 3.05) is 63.9 Å². The van der Waals surface area contributed by atoms with Gasteiger partial charge < -0.3 is 40.5 Å². The largest absolute Gasteiger partial charge is 0.490 e. The number of nitrogens with one attached hydrogen (secondary N) is 4. The van der Waals surface area contributed by atoms with Crippen molar-refractivity contribution < 1.29 is 19.1 Å². The van der Waals surface area contributed by atoms with Gasteiger partial charge in [-0.05, 0) is 67.8 Å². The summed E-state index contributed by atoms with van der Waals surface area (Å²) in [5, 5.41) is 21.6. The molecule has 5 aromatic rings. The zero-order valence-electron chi connectivity index (χ0n) is 33.9. The Balaban J connectivity index is 0.839. The zero-order valence-corrected chi connectivity index (χ0v) is 34.6. The summed E-state index contributed by atoms with van der Waals surface area (Å²) in [4.78, 5) is 56.5. The molecule has 61 heavy (non-hydrogen) atoms. The van der Waals surface area contributed by atoms with E-state index in [1.54, 1.807) is 48.5 Å². The summed E-state index contributed by atoms with van der Waals surface area (Å²) in [7, 11) is 0. The Morgan fingerprint density at radius 3 is 1.77 bits per heavy atom. The Hall–Kier alpha value is -6.64. The second kappa shape index (κ2) is 21.1. The number of piperidine rings is 2. The Labute approximate surface area is 359 Å². The van der Waals surface area contributed by atoms with Crippen molar-refractivity contribution >= 4 is 70.0 Å². The monoisotopic (exact) mass is 845 g/mol. The molecule has 4 heterocycles. The van der Waals surface area contributed by atoms with Gasteiger partial charge in [0, 0.05) is 87.3 Å². The molecule has 4 N–H and O–H groups in total. The van der Waals surface area contributed by atoms with Gasteiger partial charge >= 0.3 is 0 Å². The molecule has 0 bridgehead atoms. The Bertz CT molecular complexity index is 2310. The predicted molar refractivity (Wildman–Crippen MR) is 234 cm³/mol. The number of anilines is 8. The summed E-state index contributed by atoms with van der Waals surface area (Å²) in [6.07, 6.45) is 8.73. The van der Waals surface area contributed by atoms with Crippen LogP contribution in [0.3, 0.4) is 0 Å². The summed E-state index contributed by atoms with van der Waals surface area (Å²) in [5.74, 6) is 1.92. The SMILES string of the molecule is CCCCOC1CCN(c2ncnc(Nc3cccc(NC(=O)CCC(=O)Nc4cccc(Nc5ncnc(N6CCC(Oc7ccc(C#N)c(Cl)c7)CC6)n5)c4)c3)n2)CC1. The molecule has 2 aromatic heterocycles. The number of rotatable bonds is 17. The van der Waals surface area contributed by atoms with Gasteiger partial charge in [0.1, 0.15) is 30.6 Å². The van der Waals surface area contributed by atoms with E-state index in [4.69, 9.17) is 26.3 Å². The van der Waals surface area contributed by atoms with Crippen molar-refractivity contribution in [2.24, 2.45) is 0 Å². The van der Waals surface area contributed by atoms with Gasteiger partial charge in [-0.15, -0.1) is 0 Å². The van der Waals surface area contributed by atoms with Gasteiger partial charge in [0.25, 0.3) is 0 Å². The number of carbonyl (C=O) groups excluding carboxylic acids is 2. The second-order valence-electron chi connectivity index (χ2n) is 14.7. The Kier molecular flexibility index (Phi) is 14.7. The van der Waals surface area contributed by atoms with E-state index in [1.165, 1.54) is 12.7 Å². The van der Waals surface area contributed by atoms with E-state index in [0.29, 0.717) is 76.0 Å². The first-order chi connectivity index (χ1) is 29.8. The molecule has 0 unspecified atom stereocenters.